The lowest BCUT2D eigenvalue weighted by Gasteiger charge is -2.26. The Hall–Kier alpha value is -1.29. The van der Waals surface area contributed by atoms with Gasteiger partial charge in [0.1, 0.15) is 5.82 Å². The highest BCUT2D eigenvalue weighted by Crippen LogP contribution is 2.28. The molecule has 0 spiro atoms. The van der Waals surface area contributed by atoms with E-state index in [1.807, 2.05) is 50.5 Å². The highest BCUT2D eigenvalue weighted by atomic mass is 35.5. The second-order valence-electron chi connectivity index (χ2n) is 4.99. The van der Waals surface area contributed by atoms with Crippen LogP contribution in [0.2, 0.25) is 10.0 Å². The van der Waals surface area contributed by atoms with Crippen molar-refractivity contribution in [3.8, 4) is 0 Å². The summed E-state index contributed by atoms with van der Waals surface area (Å²) in [4.78, 5) is 6.69. The molecule has 0 fully saturated rings. The Morgan fingerprint density at radius 1 is 1.14 bits per heavy atom. The number of anilines is 1. The molecule has 112 valence electrons. The van der Waals surface area contributed by atoms with Gasteiger partial charge in [-0.05, 0) is 37.7 Å². The van der Waals surface area contributed by atoms with Gasteiger partial charge in [-0.15, -0.1) is 0 Å². The molecule has 0 amide bonds. The summed E-state index contributed by atoms with van der Waals surface area (Å²) < 4.78 is 0. The fraction of sp³-hybridized carbons (Fsp3) is 0.312. The molecule has 2 aromatic rings. The smallest absolute Gasteiger partial charge is 0.126 e. The first-order valence-corrected chi connectivity index (χ1v) is 7.56. The van der Waals surface area contributed by atoms with Crippen molar-refractivity contribution >= 4 is 29.0 Å². The van der Waals surface area contributed by atoms with Gasteiger partial charge in [0.2, 0.25) is 0 Å². The van der Waals surface area contributed by atoms with Crippen molar-refractivity contribution in [1.82, 2.24) is 9.88 Å². The van der Waals surface area contributed by atoms with Crippen LogP contribution in [0.1, 0.15) is 24.2 Å². The quantitative estimate of drug-likeness (QED) is 0.869. The van der Waals surface area contributed by atoms with Crippen molar-refractivity contribution < 1.29 is 0 Å². The average Bonchev–Trinajstić information content (AvgIpc) is 2.49. The van der Waals surface area contributed by atoms with E-state index in [1.165, 1.54) is 0 Å². The summed E-state index contributed by atoms with van der Waals surface area (Å²) in [6.07, 6.45) is 0. The van der Waals surface area contributed by atoms with Crippen LogP contribution in [0.15, 0.2) is 36.4 Å². The van der Waals surface area contributed by atoms with Gasteiger partial charge in [-0.25, -0.2) is 4.98 Å². The van der Waals surface area contributed by atoms with Crippen LogP contribution in [-0.4, -0.2) is 24.0 Å². The highest BCUT2D eigenvalue weighted by Gasteiger charge is 2.16. The predicted molar refractivity (Wildman–Crippen MR) is 90.1 cm³/mol. The van der Waals surface area contributed by atoms with Crippen molar-refractivity contribution in [3.63, 3.8) is 0 Å². The molecule has 0 bridgehead atoms. The lowest BCUT2D eigenvalue weighted by molar-refractivity contribution is 0.250. The zero-order valence-electron chi connectivity index (χ0n) is 12.4. The van der Waals surface area contributed by atoms with E-state index in [9.17, 15) is 0 Å². The molecule has 3 nitrogen and oxygen atoms in total. The lowest BCUT2D eigenvalue weighted by Crippen LogP contribution is -2.23. The standard InChI is InChI=1S/C16H19Cl2N3/c1-11(12-6-4-5-7-13(12)17)21(3)10-15-14(18)8-9-16(19-2)20-15/h4-9,11H,10H2,1-3H3,(H,19,20). The van der Waals surface area contributed by atoms with Gasteiger partial charge in [-0.3, -0.25) is 4.90 Å². The van der Waals surface area contributed by atoms with Crippen molar-refractivity contribution in [1.29, 1.82) is 0 Å². The first-order valence-electron chi connectivity index (χ1n) is 6.80. The maximum absolute atomic E-state index is 6.27. The first kappa shape index (κ1) is 16.1. The summed E-state index contributed by atoms with van der Waals surface area (Å²) in [6.45, 7) is 2.78. The van der Waals surface area contributed by atoms with Gasteiger partial charge in [-0.1, -0.05) is 41.4 Å². The number of halogens is 2. The number of hydrogen-bond acceptors (Lipinski definition) is 3. The molecule has 0 aliphatic rings. The predicted octanol–water partition coefficient (Wildman–Crippen LogP) is 4.62. The van der Waals surface area contributed by atoms with Gasteiger partial charge in [0.15, 0.2) is 0 Å². The van der Waals surface area contributed by atoms with Crippen LogP contribution in [0, 0.1) is 0 Å². The molecule has 1 unspecified atom stereocenters. The van der Waals surface area contributed by atoms with Gasteiger partial charge < -0.3 is 5.32 Å². The Morgan fingerprint density at radius 3 is 2.52 bits per heavy atom. The number of hydrogen-bond donors (Lipinski definition) is 1. The van der Waals surface area contributed by atoms with E-state index in [2.05, 4.69) is 22.1 Å². The molecule has 1 aromatic heterocycles. The third-order valence-corrected chi connectivity index (χ3v) is 4.28. The molecule has 1 N–H and O–H groups in total. The highest BCUT2D eigenvalue weighted by molar-refractivity contribution is 6.31. The number of nitrogens with zero attached hydrogens (tertiary/aromatic N) is 2. The Kier molecular flexibility index (Phi) is 5.45. The molecule has 0 saturated heterocycles. The topological polar surface area (TPSA) is 28.2 Å². The molecule has 1 atom stereocenters. The molecular weight excluding hydrogens is 305 g/mol. The number of pyridine rings is 1. The maximum Gasteiger partial charge on any atom is 0.126 e. The molecule has 0 radical (unpaired) electrons. The maximum atomic E-state index is 6.27. The minimum absolute atomic E-state index is 0.176. The fourth-order valence-corrected chi connectivity index (χ4v) is 2.62. The molecule has 0 aliphatic carbocycles. The van der Waals surface area contributed by atoms with E-state index >= 15 is 0 Å². The van der Waals surface area contributed by atoms with E-state index < -0.39 is 0 Å². The van der Waals surface area contributed by atoms with Crippen LogP contribution in [0.5, 0.6) is 0 Å². The first-order chi connectivity index (χ1) is 10.0. The molecule has 21 heavy (non-hydrogen) atoms. The van der Waals surface area contributed by atoms with Crippen LogP contribution < -0.4 is 5.32 Å². The van der Waals surface area contributed by atoms with E-state index in [1.54, 1.807) is 0 Å². The van der Waals surface area contributed by atoms with Crippen LogP contribution in [0.25, 0.3) is 0 Å². The van der Waals surface area contributed by atoms with Gasteiger partial charge in [0.05, 0.1) is 10.7 Å². The zero-order chi connectivity index (χ0) is 15.4. The molecule has 5 heteroatoms. The summed E-state index contributed by atoms with van der Waals surface area (Å²) >= 11 is 12.5. The van der Waals surface area contributed by atoms with Gasteiger partial charge in [0.25, 0.3) is 0 Å². The third kappa shape index (κ3) is 3.88. The number of rotatable bonds is 5. The number of nitrogens with one attached hydrogen (secondary N) is 1. The molecule has 1 heterocycles. The Labute approximate surface area is 135 Å². The van der Waals surface area contributed by atoms with Crippen LogP contribution in [0.4, 0.5) is 5.82 Å². The summed E-state index contributed by atoms with van der Waals surface area (Å²) in [5, 5.41) is 4.48. The fourth-order valence-electron chi connectivity index (χ4n) is 2.16. The normalized spacial score (nSPS) is 12.5. The average molecular weight is 324 g/mol. The van der Waals surface area contributed by atoms with Crippen LogP contribution in [0.3, 0.4) is 0 Å². The SMILES string of the molecule is CNc1ccc(Cl)c(CN(C)C(C)c2ccccc2Cl)n1. The van der Waals surface area contributed by atoms with E-state index in [0.717, 1.165) is 22.1 Å². The van der Waals surface area contributed by atoms with Crippen molar-refractivity contribution in [2.75, 3.05) is 19.4 Å². The number of aromatic nitrogens is 1. The van der Waals surface area contributed by atoms with Crippen molar-refractivity contribution in [2.45, 2.75) is 19.5 Å². The summed E-state index contributed by atoms with van der Waals surface area (Å²) in [5.41, 5.74) is 1.95. The molecule has 1 aromatic carbocycles. The third-order valence-electron chi connectivity index (χ3n) is 3.59. The number of benzene rings is 1. The Bertz CT molecular complexity index is 616. The molecular formula is C16H19Cl2N3. The largest absolute Gasteiger partial charge is 0.373 e. The summed E-state index contributed by atoms with van der Waals surface area (Å²) in [5.74, 6) is 0.813. The van der Waals surface area contributed by atoms with E-state index in [4.69, 9.17) is 23.2 Å². The minimum atomic E-state index is 0.176. The van der Waals surface area contributed by atoms with E-state index in [0.29, 0.717) is 11.6 Å². The summed E-state index contributed by atoms with van der Waals surface area (Å²) in [6, 6.07) is 11.8. The Balaban J connectivity index is 2.18. The summed E-state index contributed by atoms with van der Waals surface area (Å²) in [7, 11) is 3.88. The zero-order valence-corrected chi connectivity index (χ0v) is 13.9. The van der Waals surface area contributed by atoms with Crippen molar-refractivity contribution in [3.05, 3.63) is 57.7 Å². The van der Waals surface area contributed by atoms with E-state index in [-0.39, 0.29) is 6.04 Å². The molecule has 0 aliphatic heterocycles. The monoisotopic (exact) mass is 323 g/mol. The van der Waals surface area contributed by atoms with Gasteiger partial charge in [-0.2, -0.15) is 0 Å². The Morgan fingerprint density at radius 2 is 1.86 bits per heavy atom. The van der Waals surface area contributed by atoms with Gasteiger partial charge in [0, 0.05) is 24.7 Å². The second-order valence-corrected chi connectivity index (χ2v) is 5.80. The second kappa shape index (κ2) is 7.12. The molecule has 0 saturated carbocycles. The molecule has 2 rings (SSSR count). The lowest BCUT2D eigenvalue weighted by atomic mass is 10.1. The minimum Gasteiger partial charge on any atom is -0.373 e. The van der Waals surface area contributed by atoms with Crippen LogP contribution >= 0.6 is 23.2 Å². The van der Waals surface area contributed by atoms with Gasteiger partial charge >= 0.3 is 0 Å². The van der Waals surface area contributed by atoms with Crippen LogP contribution in [-0.2, 0) is 6.54 Å². The van der Waals surface area contributed by atoms with Crippen molar-refractivity contribution in [2.24, 2.45) is 0 Å².